The van der Waals surface area contributed by atoms with Crippen molar-refractivity contribution in [2.45, 2.75) is 0 Å². The molecule has 0 aliphatic carbocycles. The monoisotopic (exact) mass is 379 g/mol. The fourth-order valence-electron chi connectivity index (χ4n) is 1.72. The number of phenolic OH excluding ortho intramolecular Hbond substituents is 1. The first-order valence-electron chi connectivity index (χ1n) is 6.59. The molecule has 0 saturated carbocycles. The van der Waals surface area contributed by atoms with Crippen molar-refractivity contribution in [1.29, 1.82) is 0 Å². The summed E-state index contributed by atoms with van der Waals surface area (Å²) in [4.78, 5) is 23.1. The van der Waals surface area contributed by atoms with E-state index in [2.05, 4.69) is 26.0 Å². The number of phenols is 1. The molecule has 0 spiro atoms. The van der Waals surface area contributed by atoms with Gasteiger partial charge in [0, 0.05) is 10.2 Å². The van der Waals surface area contributed by atoms with Crippen molar-refractivity contribution in [3.05, 3.63) is 52.5 Å². The Bertz CT molecular complexity index is 715. The summed E-state index contributed by atoms with van der Waals surface area (Å²) in [6.45, 7) is -0.186. The van der Waals surface area contributed by atoms with Crippen LogP contribution >= 0.6 is 15.9 Å². The van der Waals surface area contributed by atoms with Crippen LogP contribution in [0.4, 0.5) is 5.69 Å². The number of ether oxygens (including phenoxy) is 2. The smallest absolute Gasteiger partial charge is 0.343 e. The van der Waals surface area contributed by atoms with E-state index in [1.807, 2.05) is 0 Å². The maximum absolute atomic E-state index is 12.1. The van der Waals surface area contributed by atoms with Crippen LogP contribution < -0.4 is 10.1 Å². The average molecular weight is 380 g/mol. The van der Waals surface area contributed by atoms with Gasteiger partial charge in [-0.25, -0.2) is 4.79 Å². The third-order valence-electron chi connectivity index (χ3n) is 2.90. The Morgan fingerprint density at radius 2 is 1.87 bits per heavy atom. The number of methoxy groups -OCH3 is 1. The number of esters is 1. The fourth-order valence-corrected chi connectivity index (χ4v) is 2.09. The molecule has 0 unspecified atom stereocenters. The molecule has 23 heavy (non-hydrogen) atoms. The Morgan fingerprint density at radius 1 is 1.17 bits per heavy atom. The number of benzene rings is 2. The third kappa shape index (κ3) is 4.72. The van der Waals surface area contributed by atoms with Crippen LogP contribution in [-0.4, -0.2) is 30.7 Å². The molecule has 0 aliphatic rings. The van der Waals surface area contributed by atoms with Crippen LogP contribution in [-0.2, 0) is 9.53 Å². The predicted molar refractivity (Wildman–Crippen MR) is 87.7 cm³/mol. The quantitative estimate of drug-likeness (QED) is 0.780. The SMILES string of the molecule is COC(=O)COc1ccc(NC(=O)c2cc(Br)ccc2O)cc1. The summed E-state index contributed by atoms with van der Waals surface area (Å²) in [5.74, 6) is -0.554. The van der Waals surface area contributed by atoms with E-state index in [-0.39, 0.29) is 17.9 Å². The van der Waals surface area contributed by atoms with Gasteiger partial charge in [0.15, 0.2) is 6.61 Å². The molecule has 0 heterocycles. The van der Waals surface area contributed by atoms with Gasteiger partial charge < -0.3 is 19.9 Å². The number of anilines is 1. The van der Waals surface area contributed by atoms with Crippen LogP contribution in [0.5, 0.6) is 11.5 Å². The second kappa shape index (κ2) is 7.64. The predicted octanol–water partition coefficient (Wildman–Crippen LogP) is 2.96. The van der Waals surface area contributed by atoms with Crippen LogP contribution in [0, 0.1) is 0 Å². The first-order chi connectivity index (χ1) is 11.0. The van der Waals surface area contributed by atoms with E-state index in [9.17, 15) is 14.7 Å². The van der Waals surface area contributed by atoms with Crippen molar-refractivity contribution >= 4 is 33.5 Å². The van der Waals surface area contributed by atoms with Crippen LogP contribution in [0.25, 0.3) is 0 Å². The van der Waals surface area contributed by atoms with E-state index in [1.54, 1.807) is 30.3 Å². The fraction of sp³-hybridized carbons (Fsp3) is 0.125. The van der Waals surface area contributed by atoms with Gasteiger partial charge in [-0.05, 0) is 42.5 Å². The molecule has 0 atom stereocenters. The third-order valence-corrected chi connectivity index (χ3v) is 3.39. The van der Waals surface area contributed by atoms with Crippen LogP contribution in [0.2, 0.25) is 0 Å². The lowest BCUT2D eigenvalue weighted by atomic mass is 10.2. The molecule has 2 aromatic rings. The second-order valence-electron chi connectivity index (χ2n) is 4.50. The van der Waals surface area contributed by atoms with E-state index in [4.69, 9.17) is 4.74 Å². The number of halogens is 1. The lowest BCUT2D eigenvalue weighted by Gasteiger charge is -2.09. The molecule has 0 fully saturated rings. The standard InChI is InChI=1S/C16H14BrNO5/c1-22-15(20)9-23-12-5-3-11(4-6-12)18-16(21)13-8-10(17)2-7-14(13)19/h2-8,19H,9H2,1H3,(H,18,21). The number of carbonyl (C=O) groups excluding carboxylic acids is 2. The van der Waals surface area contributed by atoms with E-state index >= 15 is 0 Å². The van der Waals surface area contributed by atoms with Crippen molar-refractivity contribution in [3.63, 3.8) is 0 Å². The number of nitrogens with one attached hydrogen (secondary N) is 1. The highest BCUT2D eigenvalue weighted by Gasteiger charge is 2.12. The Kier molecular flexibility index (Phi) is 5.59. The number of hydrogen-bond acceptors (Lipinski definition) is 5. The number of rotatable bonds is 5. The maximum Gasteiger partial charge on any atom is 0.343 e. The lowest BCUT2D eigenvalue weighted by molar-refractivity contribution is -0.142. The number of carbonyl (C=O) groups is 2. The highest BCUT2D eigenvalue weighted by atomic mass is 79.9. The topological polar surface area (TPSA) is 84.9 Å². The molecular formula is C16H14BrNO5. The summed E-state index contributed by atoms with van der Waals surface area (Å²) in [6.07, 6.45) is 0. The van der Waals surface area contributed by atoms with Gasteiger partial charge in [-0.3, -0.25) is 4.79 Å². The molecule has 2 N–H and O–H groups in total. The van der Waals surface area contributed by atoms with Gasteiger partial charge in [0.2, 0.25) is 0 Å². The van der Waals surface area contributed by atoms with Gasteiger partial charge in [0.05, 0.1) is 12.7 Å². The van der Waals surface area contributed by atoms with Crippen molar-refractivity contribution in [1.82, 2.24) is 0 Å². The highest BCUT2D eigenvalue weighted by Crippen LogP contribution is 2.23. The summed E-state index contributed by atoms with van der Waals surface area (Å²) < 4.78 is 10.4. The Morgan fingerprint density at radius 3 is 2.52 bits per heavy atom. The van der Waals surface area contributed by atoms with Crippen molar-refractivity contribution in [2.75, 3.05) is 19.0 Å². The zero-order valence-electron chi connectivity index (χ0n) is 12.2. The zero-order chi connectivity index (χ0) is 16.8. The molecule has 2 aromatic carbocycles. The van der Waals surface area contributed by atoms with Gasteiger partial charge in [-0.15, -0.1) is 0 Å². The number of aromatic hydroxyl groups is 1. The molecule has 6 nitrogen and oxygen atoms in total. The average Bonchev–Trinajstić information content (AvgIpc) is 2.56. The minimum absolute atomic E-state index is 0.108. The van der Waals surface area contributed by atoms with E-state index in [0.717, 1.165) is 0 Å². The van der Waals surface area contributed by atoms with E-state index in [1.165, 1.54) is 19.2 Å². The molecule has 7 heteroatoms. The summed E-state index contributed by atoms with van der Waals surface area (Å²) >= 11 is 3.25. The molecule has 2 rings (SSSR count). The molecule has 0 aromatic heterocycles. The van der Waals surface area contributed by atoms with E-state index < -0.39 is 11.9 Å². The van der Waals surface area contributed by atoms with Crippen LogP contribution in [0.15, 0.2) is 46.9 Å². The maximum atomic E-state index is 12.1. The molecule has 120 valence electrons. The first-order valence-corrected chi connectivity index (χ1v) is 7.38. The Hall–Kier alpha value is -2.54. The van der Waals surface area contributed by atoms with Gasteiger partial charge in [-0.1, -0.05) is 15.9 Å². The normalized spacial score (nSPS) is 10.0. The summed E-state index contributed by atoms with van der Waals surface area (Å²) in [5, 5.41) is 12.4. The highest BCUT2D eigenvalue weighted by molar-refractivity contribution is 9.10. The second-order valence-corrected chi connectivity index (χ2v) is 5.42. The molecule has 0 bridgehead atoms. The van der Waals surface area contributed by atoms with E-state index in [0.29, 0.717) is 15.9 Å². The summed E-state index contributed by atoms with van der Waals surface area (Å²) in [7, 11) is 1.28. The van der Waals surface area contributed by atoms with Crippen molar-refractivity contribution < 1.29 is 24.2 Å². The summed E-state index contributed by atoms with van der Waals surface area (Å²) in [6, 6.07) is 11.1. The molecule has 0 radical (unpaired) electrons. The molecule has 1 amide bonds. The molecular weight excluding hydrogens is 366 g/mol. The largest absolute Gasteiger partial charge is 0.507 e. The van der Waals surface area contributed by atoms with Gasteiger partial charge in [0.1, 0.15) is 11.5 Å². The summed E-state index contributed by atoms with van der Waals surface area (Å²) in [5.41, 5.74) is 0.685. The van der Waals surface area contributed by atoms with Gasteiger partial charge in [-0.2, -0.15) is 0 Å². The van der Waals surface area contributed by atoms with Crippen LogP contribution in [0.1, 0.15) is 10.4 Å². The van der Waals surface area contributed by atoms with Crippen LogP contribution in [0.3, 0.4) is 0 Å². The molecule has 0 saturated heterocycles. The minimum Gasteiger partial charge on any atom is -0.507 e. The number of hydrogen-bond donors (Lipinski definition) is 2. The Balaban J connectivity index is 2.01. The lowest BCUT2D eigenvalue weighted by Crippen LogP contribution is -2.13. The van der Waals surface area contributed by atoms with Crippen molar-refractivity contribution in [3.8, 4) is 11.5 Å². The minimum atomic E-state index is -0.479. The molecule has 0 aliphatic heterocycles. The van der Waals surface area contributed by atoms with Gasteiger partial charge in [0.25, 0.3) is 5.91 Å². The first kappa shape index (κ1) is 16.8. The van der Waals surface area contributed by atoms with Gasteiger partial charge >= 0.3 is 5.97 Å². The number of amides is 1. The zero-order valence-corrected chi connectivity index (χ0v) is 13.8. The van der Waals surface area contributed by atoms with Crippen molar-refractivity contribution in [2.24, 2.45) is 0 Å². The Labute approximate surface area is 141 Å².